The normalized spacial score (nSPS) is 10.8. The molecular formula is C9H7BrF2O. The van der Waals surface area contributed by atoms with Crippen molar-refractivity contribution < 1.29 is 13.5 Å². The average molecular weight is 249 g/mol. The Kier molecular flexibility index (Phi) is 3.42. The van der Waals surface area contributed by atoms with Crippen LogP contribution in [0.25, 0.3) is 6.08 Å². The van der Waals surface area contributed by atoms with Gasteiger partial charge in [0.05, 0.1) is 17.8 Å². The highest BCUT2D eigenvalue weighted by atomic mass is 79.9. The summed E-state index contributed by atoms with van der Waals surface area (Å²) in [6.07, 6.45) is 2.64. The van der Waals surface area contributed by atoms with Crippen LogP contribution < -0.4 is 0 Å². The van der Waals surface area contributed by atoms with E-state index in [9.17, 15) is 8.78 Å². The van der Waals surface area contributed by atoms with Gasteiger partial charge in [-0.15, -0.1) is 0 Å². The topological polar surface area (TPSA) is 9.23 Å². The molecule has 13 heavy (non-hydrogen) atoms. The molecule has 0 unspecified atom stereocenters. The van der Waals surface area contributed by atoms with Gasteiger partial charge in [0.15, 0.2) is 11.6 Å². The highest BCUT2D eigenvalue weighted by Crippen LogP contribution is 2.21. The van der Waals surface area contributed by atoms with Crippen molar-refractivity contribution in [2.45, 2.75) is 0 Å². The predicted octanol–water partition coefficient (Wildman–Crippen LogP) is 3.34. The average Bonchev–Trinajstić information content (AvgIpc) is 2.13. The molecule has 0 bridgehead atoms. The van der Waals surface area contributed by atoms with Crippen molar-refractivity contribution in [2.75, 3.05) is 7.11 Å². The zero-order valence-electron chi connectivity index (χ0n) is 6.85. The number of halogens is 3. The number of ether oxygens (including phenoxy) is 1. The first kappa shape index (κ1) is 10.2. The molecule has 0 atom stereocenters. The minimum atomic E-state index is -0.891. The maximum Gasteiger partial charge on any atom is 0.173 e. The second kappa shape index (κ2) is 4.37. The third kappa shape index (κ3) is 2.28. The molecule has 0 N–H and O–H groups in total. The van der Waals surface area contributed by atoms with E-state index >= 15 is 0 Å². The molecular weight excluding hydrogens is 242 g/mol. The lowest BCUT2D eigenvalue weighted by Gasteiger charge is -1.99. The Morgan fingerprint density at radius 3 is 2.62 bits per heavy atom. The van der Waals surface area contributed by atoms with Gasteiger partial charge in [-0.2, -0.15) is 0 Å². The summed E-state index contributed by atoms with van der Waals surface area (Å²) in [6.45, 7) is 0. The van der Waals surface area contributed by atoms with Gasteiger partial charge in [-0.1, -0.05) is 6.07 Å². The summed E-state index contributed by atoms with van der Waals surface area (Å²) in [5.74, 6) is -1.78. The van der Waals surface area contributed by atoms with Crippen LogP contribution in [0.15, 0.2) is 22.9 Å². The Morgan fingerprint density at radius 2 is 2.00 bits per heavy atom. The van der Waals surface area contributed by atoms with Crippen molar-refractivity contribution in [3.05, 3.63) is 40.1 Å². The summed E-state index contributed by atoms with van der Waals surface area (Å²) in [7, 11) is 1.43. The van der Waals surface area contributed by atoms with Crippen molar-refractivity contribution in [3.8, 4) is 0 Å². The standard InChI is InChI=1S/C9H7BrF2O/c1-13-5-4-6-2-3-7(10)9(12)8(6)11/h2-5H,1H3/b5-4+. The zero-order chi connectivity index (χ0) is 9.84. The second-order valence-electron chi connectivity index (χ2n) is 2.30. The Bertz CT molecular complexity index is 337. The van der Waals surface area contributed by atoms with Crippen LogP contribution in [0.1, 0.15) is 5.56 Å². The van der Waals surface area contributed by atoms with Gasteiger partial charge in [0.1, 0.15) is 0 Å². The molecule has 4 heteroatoms. The Hall–Kier alpha value is -0.900. The Balaban J connectivity index is 3.11. The largest absolute Gasteiger partial charge is 0.504 e. The van der Waals surface area contributed by atoms with E-state index in [2.05, 4.69) is 20.7 Å². The lowest BCUT2D eigenvalue weighted by molar-refractivity contribution is 0.341. The second-order valence-corrected chi connectivity index (χ2v) is 3.16. The number of methoxy groups -OCH3 is 1. The summed E-state index contributed by atoms with van der Waals surface area (Å²) in [5.41, 5.74) is 0.155. The van der Waals surface area contributed by atoms with E-state index in [1.807, 2.05) is 0 Å². The van der Waals surface area contributed by atoms with Crippen molar-refractivity contribution in [3.63, 3.8) is 0 Å². The van der Waals surface area contributed by atoms with E-state index in [1.165, 1.54) is 31.6 Å². The minimum absolute atomic E-state index is 0.111. The molecule has 0 saturated carbocycles. The number of rotatable bonds is 2. The van der Waals surface area contributed by atoms with Gasteiger partial charge in [-0.25, -0.2) is 8.78 Å². The van der Waals surface area contributed by atoms with E-state index < -0.39 is 11.6 Å². The van der Waals surface area contributed by atoms with Gasteiger partial charge >= 0.3 is 0 Å². The van der Waals surface area contributed by atoms with Crippen LogP contribution in [0.5, 0.6) is 0 Å². The third-order valence-electron chi connectivity index (χ3n) is 1.45. The van der Waals surface area contributed by atoms with E-state index in [4.69, 9.17) is 0 Å². The van der Waals surface area contributed by atoms with Gasteiger partial charge in [-0.3, -0.25) is 0 Å². The van der Waals surface area contributed by atoms with Gasteiger partial charge < -0.3 is 4.74 Å². The van der Waals surface area contributed by atoms with Crippen molar-refractivity contribution in [1.82, 2.24) is 0 Å². The first-order valence-electron chi connectivity index (χ1n) is 3.49. The fourth-order valence-corrected chi connectivity index (χ4v) is 1.12. The number of hydrogen-bond donors (Lipinski definition) is 0. The lowest BCUT2D eigenvalue weighted by Crippen LogP contribution is -1.89. The Morgan fingerprint density at radius 1 is 1.31 bits per heavy atom. The SMILES string of the molecule is CO/C=C/c1ccc(Br)c(F)c1F. The quantitative estimate of drug-likeness (QED) is 0.576. The zero-order valence-corrected chi connectivity index (χ0v) is 8.44. The van der Waals surface area contributed by atoms with E-state index in [-0.39, 0.29) is 10.0 Å². The van der Waals surface area contributed by atoms with E-state index in [0.717, 1.165) is 0 Å². The fraction of sp³-hybridized carbons (Fsp3) is 0.111. The molecule has 0 aliphatic heterocycles. The highest BCUT2D eigenvalue weighted by molar-refractivity contribution is 9.10. The summed E-state index contributed by atoms with van der Waals surface area (Å²) in [6, 6.07) is 2.89. The summed E-state index contributed by atoms with van der Waals surface area (Å²) in [4.78, 5) is 0. The molecule has 1 rings (SSSR count). The van der Waals surface area contributed by atoms with Gasteiger partial charge in [0.2, 0.25) is 0 Å². The first-order chi connectivity index (χ1) is 6.16. The van der Waals surface area contributed by atoms with E-state index in [0.29, 0.717) is 0 Å². The first-order valence-corrected chi connectivity index (χ1v) is 4.29. The molecule has 0 fully saturated rings. The molecule has 0 spiro atoms. The molecule has 0 amide bonds. The van der Waals surface area contributed by atoms with Crippen molar-refractivity contribution in [1.29, 1.82) is 0 Å². The van der Waals surface area contributed by atoms with Crippen molar-refractivity contribution in [2.24, 2.45) is 0 Å². The van der Waals surface area contributed by atoms with Crippen molar-refractivity contribution >= 4 is 22.0 Å². The number of benzene rings is 1. The monoisotopic (exact) mass is 248 g/mol. The molecule has 0 heterocycles. The maximum absolute atomic E-state index is 13.1. The molecule has 0 aliphatic carbocycles. The number of hydrogen-bond acceptors (Lipinski definition) is 1. The van der Waals surface area contributed by atoms with Crippen LogP contribution in [-0.4, -0.2) is 7.11 Å². The molecule has 0 aliphatic rings. The molecule has 1 aromatic carbocycles. The van der Waals surface area contributed by atoms with Gasteiger partial charge in [0, 0.05) is 5.56 Å². The summed E-state index contributed by atoms with van der Waals surface area (Å²) in [5, 5.41) is 0. The minimum Gasteiger partial charge on any atom is -0.504 e. The predicted molar refractivity (Wildman–Crippen MR) is 50.1 cm³/mol. The van der Waals surface area contributed by atoms with Crippen LogP contribution in [0.2, 0.25) is 0 Å². The maximum atomic E-state index is 13.1. The molecule has 70 valence electrons. The van der Waals surface area contributed by atoms with Crippen LogP contribution >= 0.6 is 15.9 Å². The van der Waals surface area contributed by atoms with Crippen LogP contribution in [0, 0.1) is 11.6 Å². The van der Waals surface area contributed by atoms with Gasteiger partial charge in [-0.05, 0) is 28.1 Å². The van der Waals surface area contributed by atoms with Crippen LogP contribution in [-0.2, 0) is 4.74 Å². The van der Waals surface area contributed by atoms with Crippen LogP contribution in [0.4, 0.5) is 8.78 Å². The summed E-state index contributed by atoms with van der Waals surface area (Å²) >= 11 is 2.88. The molecule has 1 aromatic rings. The van der Waals surface area contributed by atoms with Gasteiger partial charge in [0.25, 0.3) is 0 Å². The summed E-state index contributed by atoms with van der Waals surface area (Å²) < 4.78 is 30.7. The molecule has 0 aromatic heterocycles. The lowest BCUT2D eigenvalue weighted by atomic mass is 10.2. The fourth-order valence-electron chi connectivity index (χ4n) is 0.811. The van der Waals surface area contributed by atoms with E-state index in [1.54, 1.807) is 0 Å². The molecule has 0 saturated heterocycles. The highest BCUT2D eigenvalue weighted by Gasteiger charge is 2.09. The smallest absolute Gasteiger partial charge is 0.173 e. The Labute approximate surface area is 83.1 Å². The third-order valence-corrected chi connectivity index (χ3v) is 2.06. The molecule has 0 radical (unpaired) electrons. The van der Waals surface area contributed by atoms with Crippen LogP contribution in [0.3, 0.4) is 0 Å². The molecule has 1 nitrogen and oxygen atoms in total.